The molecular formula is C13H14N2O3S3. The summed E-state index contributed by atoms with van der Waals surface area (Å²) in [5.74, 6) is 0.109. The molecule has 2 aromatic rings. The van der Waals surface area contributed by atoms with Gasteiger partial charge in [0.25, 0.3) is 0 Å². The number of aryl methyl sites for hydroxylation is 1. The second kappa shape index (κ2) is 6.59. The van der Waals surface area contributed by atoms with Crippen LogP contribution in [-0.2, 0) is 14.6 Å². The summed E-state index contributed by atoms with van der Waals surface area (Å²) in [6, 6.07) is 6.48. The van der Waals surface area contributed by atoms with Gasteiger partial charge in [-0.3, -0.25) is 4.79 Å². The van der Waals surface area contributed by atoms with Gasteiger partial charge in [-0.05, 0) is 31.2 Å². The third-order valence-corrected chi connectivity index (χ3v) is 5.50. The first-order valence-corrected chi connectivity index (χ1v) is 9.75. The Morgan fingerprint density at radius 1 is 1.33 bits per heavy atom. The first-order chi connectivity index (χ1) is 9.84. The first-order valence-electron chi connectivity index (χ1n) is 5.99. The molecule has 0 radical (unpaired) electrons. The minimum absolute atomic E-state index is 0.137. The summed E-state index contributed by atoms with van der Waals surface area (Å²) in [7, 11) is -3.18. The van der Waals surface area contributed by atoms with Gasteiger partial charge in [0.15, 0.2) is 15.0 Å². The van der Waals surface area contributed by atoms with Crippen LogP contribution in [0.5, 0.6) is 0 Å². The fraction of sp³-hybridized carbons (Fsp3) is 0.231. The molecule has 0 aliphatic heterocycles. The summed E-state index contributed by atoms with van der Waals surface area (Å²) in [5.41, 5.74) is 0.874. The van der Waals surface area contributed by atoms with Crippen LogP contribution in [0.3, 0.4) is 0 Å². The maximum Gasteiger partial charge on any atom is 0.236 e. The van der Waals surface area contributed by atoms with Crippen LogP contribution in [0.2, 0.25) is 0 Å². The van der Waals surface area contributed by atoms with Crippen molar-refractivity contribution in [3.8, 4) is 0 Å². The van der Waals surface area contributed by atoms with Crippen LogP contribution >= 0.6 is 23.1 Å². The van der Waals surface area contributed by atoms with E-state index in [-0.39, 0.29) is 16.6 Å². The van der Waals surface area contributed by atoms with Crippen LogP contribution < -0.4 is 5.32 Å². The summed E-state index contributed by atoms with van der Waals surface area (Å²) < 4.78 is 22.7. The maximum atomic E-state index is 11.8. The molecule has 0 aliphatic rings. The number of aromatic nitrogens is 1. The number of benzene rings is 1. The average molecular weight is 342 g/mol. The lowest BCUT2D eigenvalue weighted by Gasteiger charge is -2.03. The van der Waals surface area contributed by atoms with Gasteiger partial charge in [-0.15, -0.1) is 23.1 Å². The highest BCUT2D eigenvalue weighted by Crippen LogP contribution is 2.21. The number of nitrogens with one attached hydrogen (secondary N) is 1. The van der Waals surface area contributed by atoms with Crippen molar-refractivity contribution >= 4 is 44.0 Å². The fourth-order valence-corrected chi connectivity index (χ4v) is 3.53. The van der Waals surface area contributed by atoms with Crippen molar-refractivity contribution in [2.24, 2.45) is 0 Å². The molecule has 1 amide bonds. The van der Waals surface area contributed by atoms with E-state index in [1.54, 1.807) is 24.3 Å². The highest BCUT2D eigenvalue weighted by molar-refractivity contribution is 8.00. The Balaban J connectivity index is 1.89. The zero-order valence-electron chi connectivity index (χ0n) is 11.5. The number of rotatable bonds is 5. The average Bonchev–Trinajstić information content (AvgIpc) is 2.81. The Morgan fingerprint density at radius 3 is 2.52 bits per heavy atom. The molecule has 112 valence electrons. The van der Waals surface area contributed by atoms with Crippen molar-refractivity contribution in [2.45, 2.75) is 16.7 Å². The predicted molar refractivity (Wildman–Crippen MR) is 85.8 cm³/mol. The van der Waals surface area contributed by atoms with Gasteiger partial charge in [0.1, 0.15) is 0 Å². The molecule has 1 aromatic heterocycles. The molecule has 0 saturated carbocycles. The van der Waals surface area contributed by atoms with Crippen molar-refractivity contribution in [3.05, 3.63) is 35.3 Å². The predicted octanol–water partition coefficient (Wildman–Crippen LogP) is 2.59. The fourth-order valence-electron chi connectivity index (χ4n) is 1.50. The molecule has 0 bridgehead atoms. The van der Waals surface area contributed by atoms with Gasteiger partial charge in [-0.25, -0.2) is 13.4 Å². The van der Waals surface area contributed by atoms with E-state index in [2.05, 4.69) is 10.3 Å². The van der Waals surface area contributed by atoms with Gasteiger partial charge < -0.3 is 5.32 Å². The second-order valence-electron chi connectivity index (χ2n) is 4.37. The smallest absolute Gasteiger partial charge is 0.236 e. The third-order valence-electron chi connectivity index (χ3n) is 2.49. The van der Waals surface area contributed by atoms with Crippen LogP contribution in [0.4, 0.5) is 5.13 Å². The number of sulfone groups is 1. The molecule has 0 fully saturated rings. The molecule has 1 heterocycles. The van der Waals surface area contributed by atoms with Crippen molar-refractivity contribution < 1.29 is 13.2 Å². The van der Waals surface area contributed by atoms with Crippen LogP contribution in [0.25, 0.3) is 0 Å². The Labute approximate surface area is 131 Å². The molecule has 0 atom stereocenters. The van der Waals surface area contributed by atoms with Crippen LogP contribution in [0.1, 0.15) is 5.69 Å². The van der Waals surface area contributed by atoms with E-state index in [4.69, 9.17) is 0 Å². The van der Waals surface area contributed by atoms with Gasteiger partial charge >= 0.3 is 0 Å². The highest BCUT2D eigenvalue weighted by Gasteiger charge is 2.08. The normalized spacial score (nSPS) is 11.3. The number of hydrogen-bond acceptors (Lipinski definition) is 6. The molecule has 8 heteroatoms. The molecule has 1 aromatic carbocycles. The number of carbonyl (C=O) groups is 1. The number of thiazole rings is 1. The summed E-state index contributed by atoms with van der Waals surface area (Å²) in [4.78, 5) is 17.0. The number of anilines is 1. The lowest BCUT2D eigenvalue weighted by atomic mass is 10.4. The van der Waals surface area contributed by atoms with E-state index >= 15 is 0 Å². The van der Waals surface area contributed by atoms with E-state index in [0.717, 1.165) is 10.6 Å². The lowest BCUT2D eigenvalue weighted by molar-refractivity contribution is -0.113. The SMILES string of the molecule is Cc1csc(NC(=O)CSc2ccc(S(C)(=O)=O)cc2)n1. The van der Waals surface area contributed by atoms with Crippen molar-refractivity contribution in [2.75, 3.05) is 17.3 Å². The zero-order chi connectivity index (χ0) is 15.5. The van der Waals surface area contributed by atoms with Gasteiger partial charge in [0, 0.05) is 16.5 Å². The molecule has 0 spiro atoms. The number of thioether (sulfide) groups is 1. The minimum atomic E-state index is -3.18. The highest BCUT2D eigenvalue weighted by atomic mass is 32.2. The Hall–Kier alpha value is -1.38. The topological polar surface area (TPSA) is 76.1 Å². The van der Waals surface area contributed by atoms with Gasteiger partial charge in [0.2, 0.25) is 5.91 Å². The van der Waals surface area contributed by atoms with E-state index in [0.29, 0.717) is 5.13 Å². The van der Waals surface area contributed by atoms with Gasteiger partial charge in [-0.1, -0.05) is 0 Å². The quantitative estimate of drug-likeness (QED) is 0.845. The van der Waals surface area contributed by atoms with E-state index in [9.17, 15) is 13.2 Å². The Kier molecular flexibility index (Phi) is 5.02. The molecule has 5 nitrogen and oxygen atoms in total. The van der Waals surface area contributed by atoms with Gasteiger partial charge in [-0.2, -0.15) is 0 Å². The molecule has 1 N–H and O–H groups in total. The summed E-state index contributed by atoms with van der Waals surface area (Å²) in [6.07, 6.45) is 1.17. The molecular weight excluding hydrogens is 328 g/mol. The Morgan fingerprint density at radius 2 is 2.00 bits per heavy atom. The molecule has 2 rings (SSSR count). The molecule has 0 aliphatic carbocycles. The van der Waals surface area contributed by atoms with Crippen molar-refractivity contribution in [1.29, 1.82) is 0 Å². The number of amides is 1. The van der Waals surface area contributed by atoms with E-state index < -0.39 is 9.84 Å². The second-order valence-corrected chi connectivity index (χ2v) is 8.30. The molecule has 21 heavy (non-hydrogen) atoms. The minimum Gasteiger partial charge on any atom is -0.301 e. The number of hydrogen-bond donors (Lipinski definition) is 1. The third kappa shape index (κ3) is 4.83. The molecule has 0 saturated heterocycles. The lowest BCUT2D eigenvalue weighted by Crippen LogP contribution is -2.13. The van der Waals surface area contributed by atoms with Gasteiger partial charge in [0.05, 0.1) is 16.3 Å². The summed E-state index contributed by atoms with van der Waals surface area (Å²) >= 11 is 2.73. The van der Waals surface area contributed by atoms with Crippen LogP contribution in [0.15, 0.2) is 39.4 Å². The standard InChI is InChI=1S/C13H14N2O3S3/c1-9-7-20-13(14-9)15-12(16)8-19-10-3-5-11(6-4-10)21(2,17)18/h3-7H,8H2,1-2H3,(H,14,15,16). The van der Waals surface area contributed by atoms with Crippen molar-refractivity contribution in [3.63, 3.8) is 0 Å². The Bertz CT molecular complexity index is 736. The number of carbonyl (C=O) groups excluding carboxylic acids is 1. The summed E-state index contributed by atoms with van der Waals surface area (Å²) in [6.45, 7) is 1.87. The monoisotopic (exact) mass is 342 g/mol. The molecule has 0 unspecified atom stereocenters. The summed E-state index contributed by atoms with van der Waals surface area (Å²) in [5, 5.41) is 5.18. The largest absolute Gasteiger partial charge is 0.301 e. The zero-order valence-corrected chi connectivity index (χ0v) is 13.9. The van der Waals surface area contributed by atoms with E-state index in [1.807, 2.05) is 12.3 Å². The maximum absolute atomic E-state index is 11.8. The van der Waals surface area contributed by atoms with E-state index in [1.165, 1.54) is 29.4 Å². The van der Waals surface area contributed by atoms with Crippen LogP contribution in [-0.4, -0.2) is 31.3 Å². The number of nitrogens with zero attached hydrogens (tertiary/aromatic N) is 1. The first kappa shape index (κ1) is 16.0. The van der Waals surface area contributed by atoms with Crippen LogP contribution in [0, 0.1) is 6.92 Å². The van der Waals surface area contributed by atoms with Crippen molar-refractivity contribution in [1.82, 2.24) is 4.98 Å².